The van der Waals surface area contributed by atoms with Gasteiger partial charge in [0.2, 0.25) is 0 Å². The molecule has 4 aromatic rings. The highest BCUT2D eigenvalue weighted by Crippen LogP contribution is 2.37. The Labute approximate surface area is 127 Å². The zero-order valence-corrected chi connectivity index (χ0v) is 11.7. The number of rotatable bonds is 2. The minimum atomic E-state index is 0.111. The van der Waals surface area contributed by atoms with Gasteiger partial charge < -0.3 is 9.84 Å². The van der Waals surface area contributed by atoms with Crippen molar-refractivity contribution in [3.05, 3.63) is 72.8 Å². The maximum atomic E-state index is 10.5. The van der Waals surface area contributed by atoms with Gasteiger partial charge in [0.15, 0.2) is 11.5 Å². The second kappa shape index (κ2) is 5.04. The molecule has 0 spiro atoms. The first kappa shape index (κ1) is 12.7. The molecule has 3 heteroatoms. The van der Waals surface area contributed by atoms with Crippen LogP contribution in [-0.2, 0) is 0 Å². The van der Waals surface area contributed by atoms with Crippen molar-refractivity contribution in [2.24, 2.45) is 0 Å². The fraction of sp³-hybridized carbons (Fsp3) is 0. The second-order valence-electron chi connectivity index (χ2n) is 5.08. The summed E-state index contributed by atoms with van der Waals surface area (Å²) in [6.07, 6.45) is 0. The summed E-state index contributed by atoms with van der Waals surface area (Å²) in [6, 6.07) is 22.8. The monoisotopic (exact) mass is 287 g/mol. The van der Waals surface area contributed by atoms with Gasteiger partial charge in [-0.05, 0) is 36.4 Å². The minimum absolute atomic E-state index is 0.111. The zero-order chi connectivity index (χ0) is 14.9. The number of aromatic hydroxyl groups is 1. The third-order valence-electron chi connectivity index (χ3n) is 3.61. The number of para-hydroxylation sites is 2. The van der Waals surface area contributed by atoms with Gasteiger partial charge in [-0.2, -0.15) is 0 Å². The van der Waals surface area contributed by atoms with Crippen LogP contribution >= 0.6 is 0 Å². The molecule has 0 unspecified atom stereocenters. The molecule has 0 saturated heterocycles. The van der Waals surface area contributed by atoms with E-state index < -0.39 is 0 Å². The molecule has 0 fully saturated rings. The number of aromatic nitrogens is 1. The normalized spacial score (nSPS) is 10.9. The molecule has 1 aromatic heterocycles. The van der Waals surface area contributed by atoms with Crippen molar-refractivity contribution in [1.29, 1.82) is 0 Å². The van der Waals surface area contributed by atoms with Crippen molar-refractivity contribution < 1.29 is 9.84 Å². The van der Waals surface area contributed by atoms with E-state index in [1.165, 1.54) is 0 Å². The molecule has 3 aromatic carbocycles. The second-order valence-corrected chi connectivity index (χ2v) is 5.08. The number of benzene rings is 3. The van der Waals surface area contributed by atoms with Crippen molar-refractivity contribution in [3.8, 4) is 17.2 Å². The average molecular weight is 287 g/mol. The largest absolute Gasteiger partial charge is 0.504 e. The summed E-state index contributed by atoms with van der Waals surface area (Å²) in [4.78, 5) is 4.57. The molecular formula is C19H13NO2. The maximum Gasteiger partial charge on any atom is 0.169 e. The van der Waals surface area contributed by atoms with Crippen LogP contribution in [0, 0.1) is 0 Å². The van der Waals surface area contributed by atoms with Crippen molar-refractivity contribution in [2.45, 2.75) is 0 Å². The van der Waals surface area contributed by atoms with Crippen molar-refractivity contribution >= 4 is 21.8 Å². The number of phenolic OH excluding ortho intramolecular Hbond substituents is 1. The highest BCUT2D eigenvalue weighted by molar-refractivity contribution is 5.97. The lowest BCUT2D eigenvalue weighted by Gasteiger charge is -2.10. The van der Waals surface area contributed by atoms with E-state index in [-0.39, 0.29) is 5.75 Å². The van der Waals surface area contributed by atoms with Crippen LogP contribution in [0.3, 0.4) is 0 Å². The number of fused-ring (bicyclic) bond motifs is 2. The van der Waals surface area contributed by atoms with E-state index in [0.717, 1.165) is 16.4 Å². The summed E-state index contributed by atoms with van der Waals surface area (Å²) >= 11 is 0. The molecule has 1 heterocycles. The van der Waals surface area contributed by atoms with E-state index >= 15 is 0 Å². The fourth-order valence-corrected chi connectivity index (χ4v) is 2.51. The Kier molecular flexibility index (Phi) is 2.90. The van der Waals surface area contributed by atoms with Gasteiger partial charge in [-0.15, -0.1) is 0 Å². The highest BCUT2D eigenvalue weighted by Gasteiger charge is 2.10. The SMILES string of the molecule is Oc1c(Oc2ccccc2)ccc2nc3ccccc3cc12. The summed E-state index contributed by atoms with van der Waals surface area (Å²) in [5.41, 5.74) is 1.66. The van der Waals surface area contributed by atoms with Crippen molar-refractivity contribution in [2.75, 3.05) is 0 Å². The van der Waals surface area contributed by atoms with Crippen LogP contribution in [0.1, 0.15) is 0 Å². The van der Waals surface area contributed by atoms with Gasteiger partial charge in [-0.3, -0.25) is 0 Å². The van der Waals surface area contributed by atoms with E-state index in [0.29, 0.717) is 16.9 Å². The third kappa shape index (κ3) is 2.13. The summed E-state index contributed by atoms with van der Waals surface area (Å²) in [5, 5.41) is 12.2. The Hall–Kier alpha value is -3.07. The summed E-state index contributed by atoms with van der Waals surface area (Å²) in [6.45, 7) is 0. The van der Waals surface area contributed by atoms with Gasteiger partial charge in [0, 0.05) is 10.8 Å². The molecule has 0 radical (unpaired) electrons. The molecule has 106 valence electrons. The molecule has 0 aliphatic heterocycles. The van der Waals surface area contributed by atoms with Crippen LogP contribution in [0.5, 0.6) is 17.2 Å². The summed E-state index contributed by atoms with van der Waals surface area (Å²) in [5.74, 6) is 1.22. The Morgan fingerprint density at radius 2 is 1.55 bits per heavy atom. The highest BCUT2D eigenvalue weighted by atomic mass is 16.5. The smallest absolute Gasteiger partial charge is 0.169 e. The van der Waals surface area contributed by atoms with Crippen molar-refractivity contribution in [1.82, 2.24) is 4.98 Å². The molecule has 0 aliphatic rings. The zero-order valence-electron chi connectivity index (χ0n) is 11.7. The van der Waals surface area contributed by atoms with Crippen molar-refractivity contribution in [3.63, 3.8) is 0 Å². The molecule has 0 aliphatic carbocycles. The van der Waals surface area contributed by atoms with Gasteiger partial charge in [0.25, 0.3) is 0 Å². The van der Waals surface area contributed by atoms with Gasteiger partial charge in [-0.25, -0.2) is 4.98 Å². The first-order chi connectivity index (χ1) is 10.8. The van der Waals surface area contributed by atoms with Gasteiger partial charge in [0.1, 0.15) is 5.75 Å². The standard InChI is InChI=1S/C19H13NO2/c21-19-15-12-13-6-4-5-9-16(13)20-17(15)10-11-18(19)22-14-7-2-1-3-8-14/h1-12,21H. The minimum Gasteiger partial charge on any atom is -0.504 e. The van der Waals surface area contributed by atoms with Crippen LogP contribution in [0.15, 0.2) is 72.8 Å². The predicted molar refractivity (Wildman–Crippen MR) is 87.4 cm³/mol. The van der Waals surface area contributed by atoms with Crippen LogP contribution in [0.25, 0.3) is 21.8 Å². The number of hydrogen-bond acceptors (Lipinski definition) is 3. The molecule has 3 nitrogen and oxygen atoms in total. The fourth-order valence-electron chi connectivity index (χ4n) is 2.51. The molecule has 0 amide bonds. The molecule has 0 atom stereocenters. The predicted octanol–water partition coefficient (Wildman–Crippen LogP) is 4.89. The number of ether oxygens (including phenoxy) is 1. The third-order valence-corrected chi connectivity index (χ3v) is 3.61. The average Bonchev–Trinajstić information content (AvgIpc) is 2.57. The van der Waals surface area contributed by atoms with E-state index in [2.05, 4.69) is 4.98 Å². The van der Waals surface area contributed by atoms with Crippen LogP contribution in [-0.4, -0.2) is 10.1 Å². The summed E-state index contributed by atoms with van der Waals surface area (Å²) < 4.78 is 5.75. The Bertz CT molecular complexity index is 965. The number of phenols is 1. The molecule has 1 N–H and O–H groups in total. The molecule has 4 rings (SSSR count). The molecular weight excluding hydrogens is 274 g/mol. The van der Waals surface area contributed by atoms with E-state index in [1.807, 2.05) is 66.7 Å². The Balaban J connectivity index is 1.87. The van der Waals surface area contributed by atoms with Crippen LogP contribution < -0.4 is 4.74 Å². The lowest BCUT2D eigenvalue weighted by Crippen LogP contribution is -1.88. The topological polar surface area (TPSA) is 42.4 Å². The Morgan fingerprint density at radius 3 is 2.41 bits per heavy atom. The van der Waals surface area contributed by atoms with Gasteiger partial charge in [-0.1, -0.05) is 36.4 Å². The Morgan fingerprint density at radius 1 is 0.773 bits per heavy atom. The quantitative estimate of drug-likeness (QED) is 0.534. The summed E-state index contributed by atoms with van der Waals surface area (Å²) in [7, 11) is 0. The maximum absolute atomic E-state index is 10.5. The molecule has 22 heavy (non-hydrogen) atoms. The van der Waals surface area contributed by atoms with Gasteiger partial charge in [0.05, 0.1) is 11.0 Å². The van der Waals surface area contributed by atoms with E-state index in [9.17, 15) is 5.11 Å². The molecule has 0 bridgehead atoms. The van der Waals surface area contributed by atoms with Crippen LogP contribution in [0.4, 0.5) is 0 Å². The first-order valence-corrected chi connectivity index (χ1v) is 7.06. The first-order valence-electron chi connectivity index (χ1n) is 7.06. The molecule has 0 saturated carbocycles. The number of nitrogens with zero attached hydrogens (tertiary/aromatic N) is 1. The van der Waals surface area contributed by atoms with Crippen LogP contribution in [0.2, 0.25) is 0 Å². The lowest BCUT2D eigenvalue weighted by molar-refractivity contribution is 0.416. The number of pyridine rings is 1. The van der Waals surface area contributed by atoms with E-state index in [4.69, 9.17) is 4.74 Å². The van der Waals surface area contributed by atoms with E-state index in [1.54, 1.807) is 6.07 Å². The number of hydrogen-bond donors (Lipinski definition) is 1. The lowest BCUT2D eigenvalue weighted by atomic mass is 10.1. The van der Waals surface area contributed by atoms with Gasteiger partial charge >= 0.3 is 0 Å².